The molecule has 2 atom stereocenters. The van der Waals surface area contributed by atoms with Gasteiger partial charge in [-0.05, 0) is 38.3 Å². The number of hydrogen-bond donors (Lipinski definition) is 1. The second-order valence-corrected chi connectivity index (χ2v) is 6.44. The second-order valence-electron chi connectivity index (χ2n) is 6.44. The summed E-state index contributed by atoms with van der Waals surface area (Å²) in [5, 5.41) is 3.74. The van der Waals surface area contributed by atoms with E-state index in [0.717, 1.165) is 39.0 Å². The highest BCUT2D eigenvalue weighted by molar-refractivity contribution is 5.93. The fourth-order valence-electron chi connectivity index (χ4n) is 3.50. The van der Waals surface area contributed by atoms with E-state index in [2.05, 4.69) is 10.3 Å². The Labute approximate surface area is 143 Å². The highest BCUT2D eigenvalue weighted by atomic mass is 16.5. The number of ether oxygens (including phenoxy) is 2. The summed E-state index contributed by atoms with van der Waals surface area (Å²) in [5.74, 6) is 0.0832. The molecule has 0 bridgehead atoms. The van der Waals surface area contributed by atoms with Gasteiger partial charge in [-0.25, -0.2) is 0 Å². The summed E-state index contributed by atoms with van der Waals surface area (Å²) in [7, 11) is 0. The predicted octanol–water partition coefficient (Wildman–Crippen LogP) is 1.47. The summed E-state index contributed by atoms with van der Waals surface area (Å²) in [5.41, 5.74) is 0.671. The van der Waals surface area contributed by atoms with E-state index in [-0.39, 0.29) is 12.0 Å². The smallest absolute Gasteiger partial charge is 0.255 e. The molecule has 3 heterocycles. The zero-order valence-corrected chi connectivity index (χ0v) is 14.3. The first-order valence-corrected chi connectivity index (χ1v) is 8.92. The number of hydrogen-bond acceptors (Lipinski definition) is 5. The maximum atomic E-state index is 12.5. The van der Waals surface area contributed by atoms with Gasteiger partial charge in [0.1, 0.15) is 0 Å². The zero-order valence-electron chi connectivity index (χ0n) is 14.3. The van der Waals surface area contributed by atoms with Gasteiger partial charge in [0.25, 0.3) is 5.91 Å². The van der Waals surface area contributed by atoms with Gasteiger partial charge in [-0.3, -0.25) is 9.78 Å². The maximum absolute atomic E-state index is 12.5. The minimum absolute atomic E-state index is 0.0832. The van der Waals surface area contributed by atoms with E-state index in [1.807, 2.05) is 17.9 Å². The molecule has 1 amide bonds. The number of pyridine rings is 1. The first kappa shape index (κ1) is 17.3. The number of amides is 1. The van der Waals surface area contributed by atoms with E-state index in [1.165, 1.54) is 0 Å². The van der Waals surface area contributed by atoms with Crippen LogP contribution in [0.15, 0.2) is 24.5 Å². The van der Waals surface area contributed by atoms with Gasteiger partial charge >= 0.3 is 0 Å². The van der Waals surface area contributed by atoms with Crippen LogP contribution in [0.4, 0.5) is 0 Å². The van der Waals surface area contributed by atoms with Crippen LogP contribution in [0.5, 0.6) is 0 Å². The Morgan fingerprint density at radius 2 is 2.25 bits per heavy atom. The van der Waals surface area contributed by atoms with E-state index in [4.69, 9.17) is 9.47 Å². The molecule has 3 rings (SSSR count). The molecule has 1 N–H and O–H groups in total. The molecule has 0 unspecified atom stereocenters. The van der Waals surface area contributed by atoms with Crippen molar-refractivity contribution in [3.8, 4) is 0 Å². The van der Waals surface area contributed by atoms with Gasteiger partial charge in [-0.2, -0.15) is 0 Å². The molecule has 1 aromatic heterocycles. The van der Waals surface area contributed by atoms with Gasteiger partial charge in [-0.15, -0.1) is 0 Å². The van der Waals surface area contributed by atoms with Crippen LogP contribution in [0.3, 0.4) is 0 Å². The van der Waals surface area contributed by atoms with Crippen LogP contribution in [0.2, 0.25) is 0 Å². The number of aromatic nitrogens is 1. The van der Waals surface area contributed by atoms with Crippen LogP contribution in [-0.4, -0.2) is 66.9 Å². The topological polar surface area (TPSA) is 63.7 Å². The lowest BCUT2D eigenvalue weighted by Gasteiger charge is -2.38. The highest BCUT2D eigenvalue weighted by Crippen LogP contribution is 2.18. The number of likely N-dealkylation sites (tertiary alicyclic amines) is 1. The van der Waals surface area contributed by atoms with Gasteiger partial charge < -0.3 is 19.7 Å². The Bertz CT molecular complexity index is 516. The molecule has 0 saturated carbocycles. The Morgan fingerprint density at radius 3 is 2.96 bits per heavy atom. The quantitative estimate of drug-likeness (QED) is 0.884. The third-order valence-electron chi connectivity index (χ3n) is 4.83. The van der Waals surface area contributed by atoms with Crippen LogP contribution in [0.25, 0.3) is 0 Å². The summed E-state index contributed by atoms with van der Waals surface area (Å²) in [6, 6.07) is 4.42. The van der Waals surface area contributed by atoms with Gasteiger partial charge in [-0.1, -0.05) is 0 Å². The van der Waals surface area contributed by atoms with Crippen molar-refractivity contribution in [1.29, 1.82) is 0 Å². The molecule has 0 radical (unpaired) electrons. The molecular weight excluding hydrogens is 306 g/mol. The van der Waals surface area contributed by atoms with Crippen molar-refractivity contribution in [2.24, 2.45) is 0 Å². The molecule has 2 saturated heterocycles. The van der Waals surface area contributed by atoms with Crippen LogP contribution >= 0.6 is 0 Å². The lowest BCUT2D eigenvalue weighted by Crippen LogP contribution is -2.54. The molecule has 132 valence electrons. The van der Waals surface area contributed by atoms with E-state index in [1.54, 1.807) is 18.5 Å². The lowest BCUT2D eigenvalue weighted by molar-refractivity contribution is -0.0683. The zero-order chi connectivity index (χ0) is 16.8. The van der Waals surface area contributed by atoms with Crippen LogP contribution in [-0.2, 0) is 9.47 Å². The number of piperidine rings is 1. The molecule has 24 heavy (non-hydrogen) atoms. The van der Waals surface area contributed by atoms with Gasteiger partial charge in [0.05, 0.1) is 18.3 Å². The van der Waals surface area contributed by atoms with E-state index in [0.29, 0.717) is 30.9 Å². The molecule has 6 nitrogen and oxygen atoms in total. The predicted molar refractivity (Wildman–Crippen MR) is 90.9 cm³/mol. The second kappa shape index (κ2) is 8.55. The molecular formula is C18H27N3O3. The molecule has 2 aliphatic rings. The number of rotatable bonds is 5. The standard InChI is InChI=1S/C18H27N3O3/c1-2-24-17-13-23-11-7-16(17)20-15-5-9-21(10-6-15)18(22)14-4-3-8-19-12-14/h3-4,8,12,15-17,20H,2,5-7,9-11,13H2,1H3/t16-,17-/m1/s1. The average molecular weight is 333 g/mol. The van der Waals surface area contributed by atoms with Crippen molar-refractivity contribution in [2.75, 3.05) is 32.9 Å². The molecule has 1 aromatic rings. The van der Waals surface area contributed by atoms with Gasteiger partial charge in [0.2, 0.25) is 0 Å². The number of nitrogens with one attached hydrogen (secondary N) is 1. The van der Waals surface area contributed by atoms with Gasteiger partial charge in [0, 0.05) is 50.8 Å². The third-order valence-corrected chi connectivity index (χ3v) is 4.83. The van der Waals surface area contributed by atoms with Crippen molar-refractivity contribution >= 4 is 5.91 Å². The highest BCUT2D eigenvalue weighted by Gasteiger charge is 2.30. The molecule has 6 heteroatoms. The first-order valence-electron chi connectivity index (χ1n) is 8.92. The lowest BCUT2D eigenvalue weighted by atomic mass is 9.99. The van der Waals surface area contributed by atoms with E-state index >= 15 is 0 Å². The number of carbonyl (C=O) groups is 1. The minimum atomic E-state index is 0.0832. The molecule has 2 fully saturated rings. The van der Waals surface area contributed by atoms with Crippen molar-refractivity contribution in [2.45, 2.75) is 44.4 Å². The summed E-state index contributed by atoms with van der Waals surface area (Å²) < 4.78 is 11.3. The van der Waals surface area contributed by atoms with E-state index < -0.39 is 0 Å². The Balaban J connectivity index is 1.49. The fourth-order valence-corrected chi connectivity index (χ4v) is 3.50. The Morgan fingerprint density at radius 1 is 1.42 bits per heavy atom. The molecule has 0 aromatic carbocycles. The summed E-state index contributed by atoms with van der Waals surface area (Å²) in [6.07, 6.45) is 6.40. The summed E-state index contributed by atoms with van der Waals surface area (Å²) in [4.78, 5) is 18.4. The molecule has 0 spiro atoms. The van der Waals surface area contributed by atoms with Crippen LogP contribution in [0.1, 0.15) is 36.5 Å². The molecule has 0 aliphatic carbocycles. The van der Waals surface area contributed by atoms with E-state index in [9.17, 15) is 4.79 Å². The number of carbonyl (C=O) groups excluding carboxylic acids is 1. The number of nitrogens with zero attached hydrogens (tertiary/aromatic N) is 2. The Hall–Kier alpha value is -1.50. The van der Waals surface area contributed by atoms with Crippen molar-refractivity contribution in [3.05, 3.63) is 30.1 Å². The monoisotopic (exact) mass is 333 g/mol. The maximum Gasteiger partial charge on any atom is 0.255 e. The fraction of sp³-hybridized carbons (Fsp3) is 0.667. The summed E-state index contributed by atoms with van der Waals surface area (Å²) >= 11 is 0. The van der Waals surface area contributed by atoms with Crippen LogP contribution in [0, 0.1) is 0 Å². The van der Waals surface area contributed by atoms with Crippen molar-refractivity contribution in [3.63, 3.8) is 0 Å². The summed E-state index contributed by atoms with van der Waals surface area (Å²) in [6.45, 7) is 5.77. The van der Waals surface area contributed by atoms with Crippen molar-refractivity contribution in [1.82, 2.24) is 15.2 Å². The normalized spacial score (nSPS) is 25.6. The average Bonchev–Trinajstić information content (AvgIpc) is 2.64. The largest absolute Gasteiger partial charge is 0.379 e. The van der Waals surface area contributed by atoms with Crippen molar-refractivity contribution < 1.29 is 14.3 Å². The van der Waals surface area contributed by atoms with Crippen LogP contribution < -0.4 is 5.32 Å². The third kappa shape index (κ3) is 4.32. The SMILES string of the molecule is CCO[C@@H]1COCC[C@H]1NC1CCN(C(=O)c2cccnc2)CC1. The van der Waals surface area contributed by atoms with Gasteiger partial charge in [0.15, 0.2) is 0 Å². The first-order chi connectivity index (χ1) is 11.8. The minimum Gasteiger partial charge on any atom is -0.379 e. The Kier molecular flexibility index (Phi) is 6.18. The molecule has 2 aliphatic heterocycles.